The fraction of sp³-hybridized carbons (Fsp3) is 0.211. The summed E-state index contributed by atoms with van der Waals surface area (Å²) in [5, 5.41) is 3.63. The normalized spacial score (nSPS) is 10.7. The Morgan fingerprint density at radius 1 is 1.00 bits per heavy atom. The Hall–Kier alpha value is -2.17. The molecule has 0 aliphatic heterocycles. The molecule has 4 nitrogen and oxygen atoms in total. The van der Waals surface area contributed by atoms with E-state index in [0.29, 0.717) is 40.4 Å². The number of nitrogens with one attached hydrogen (secondary N) is 1. The quantitative estimate of drug-likeness (QED) is 0.651. The van der Waals surface area contributed by atoms with Crippen LogP contribution in [0.5, 0.6) is 11.5 Å². The molecule has 0 aromatic heterocycles. The number of hydrogen-bond acceptors (Lipinski definition) is 3. The third-order valence-corrected chi connectivity index (χ3v) is 3.56. The molecule has 2 aromatic carbocycles. The summed E-state index contributed by atoms with van der Waals surface area (Å²) in [6.07, 6.45) is 3.12. The Labute approximate surface area is 157 Å². The molecule has 0 aliphatic carbocycles. The van der Waals surface area contributed by atoms with Crippen LogP contribution in [0, 0.1) is 0 Å². The van der Waals surface area contributed by atoms with Gasteiger partial charge in [0.1, 0.15) is 0 Å². The minimum atomic E-state index is -0.287. The Kier molecular flexibility index (Phi) is 7.16. The van der Waals surface area contributed by atoms with Crippen LogP contribution in [0.3, 0.4) is 0 Å². The number of halogens is 2. The highest BCUT2D eigenvalue weighted by molar-refractivity contribution is 6.35. The van der Waals surface area contributed by atoms with Crippen molar-refractivity contribution in [3.8, 4) is 11.5 Å². The van der Waals surface area contributed by atoms with E-state index in [-0.39, 0.29) is 5.91 Å². The number of rotatable bonds is 7. The molecule has 6 heteroatoms. The van der Waals surface area contributed by atoms with Crippen molar-refractivity contribution in [2.75, 3.05) is 18.5 Å². The molecule has 2 rings (SSSR count). The second-order valence-corrected chi connectivity index (χ2v) is 5.93. The van der Waals surface area contributed by atoms with Gasteiger partial charge in [0.25, 0.3) is 0 Å². The zero-order valence-corrected chi connectivity index (χ0v) is 15.5. The monoisotopic (exact) mass is 379 g/mol. The average Bonchev–Trinajstić information content (AvgIpc) is 2.54. The number of carbonyl (C=O) groups excluding carboxylic acids is 1. The van der Waals surface area contributed by atoms with E-state index in [2.05, 4.69) is 5.32 Å². The maximum absolute atomic E-state index is 12.0. The highest BCUT2D eigenvalue weighted by Crippen LogP contribution is 2.29. The summed E-state index contributed by atoms with van der Waals surface area (Å²) in [5.41, 5.74) is 1.36. The van der Waals surface area contributed by atoms with Gasteiger partial charge in [-0.15, -0.1) is 0 Å². The molecule has 0 saturated carbocycles. The average molecular weight is 380 g/mol. The van der Waals surface area contributed by atoms with Gasteiger partial charge >= 0.3 is 0 Å². The summed E-state index contributed by atoms with van der Waals surface area (Å²) >= 11 is 11.8. The largest absolute Gasteiger partial charge is 0.490 e. The molecule has 0 fully saturated rings. The third kappa shape index (κ3) is 6.00. The van der Waals surface area contributed by atoms with Crippen LogP contribution in [-0.2, 0) is 4.79 Å². The zero-order chi connectivity index (χ0) is 18.2. The van der Waals surface area contributed by atoms with Crippen molar-refractivity contribution >= 4 is 40.9 Å². The second-order valence-electron chi connectivity index (χ2n) is 5.05. The minimum absolute atomic E-state index is 0.287. The summed E-state index contributed by atoms with van der Waals surface area (Å²) in [6.45, 7) is 4.90. The first-order valence-corrected chi connectivity index (χ1v) is 8.62. The number of benzene rings is 2. The number of hydrogen-bond donors (Lipinski definition) is 1. The van der Waals surface area contributed by atoms with Crippen LogP contribution >= 0.6 is 23.2 Å². The Balaban J connectivity index is 2.09. The van der Waals surface area contributed by atoms with Crippen molar-refractivity contribution in [3.63, 3.8) is 0 Å². The lowest BCUT2D eigenvalue weighted by Crippen LogP contribution is -2.07. The van der Waals surface area contributed by atoms with Crippen LogP contribution in [-0.4, -0.2) is 19.1 Å². The van der Waals surface area contributed by atoms with E-state index in [0.717, 1.165) is 5.56 Å². The van der Waals surface area contributed by atoms with Crippen LogP contribution in [0.1, 0.15) is 19.4 Å². The molecule has 25 heavy (non-hydrogen) atoms. The lowest BCUT2D eigenvalue weighted by atomic mass is 10.2. The number of ether oxygens (including phenoxy) is 2. The summed E-state index contributed by atoms with van der Waals surface area (Å²) in [7, 11) is 0. The van der Waals surface area contributed by atoms with E-state index in [1.165, 1.54) is 6.08 Å². The van der Waals surface area contributed by atoms with E-state index >= 15 is 0 Å². The van der Waals surface area contributed by atoms with Gasteiger partial charge in [-0.25, -0.2) is 0 Å². The van der Waals surface area contributed by atoms with Crippen LogP contribution < -0.4 is 14.8 Å². The summed E-state index contributed by atoms with van der Waals surface area (Å²) in [4.78, 5) is 12.0. The Bertz CT molecular complexity index is 755. The summed E-state index contributed by atoms with van der Waals surface area (Å²) in [6, 6.07) is 10.4. The number of anilines is 1. The van der Waals surface area contributed by atoms with Crippen LogP contribution in [0.4, 0.5) is 5.69 Å². The van der Waals surface area contributed by atoms with Crippen molar-refractivity contribution in [1.29, 1.82) is 0 Å². The summed E-state index contributed by atoms with van der Waals surface area (Å²) < 4.78 is 11.1. The molecule has 2 aromatic rings. The highest BCUT2D eigenvalue weighted by atomic mass is 35.5. The molecule has 0 spiro atoms. The van der Waals surface area contributed by atoms with Gasteiger partial charge < -0.3 is 14.8 Å². The van der Waals surface area contributed by atoms with Crippen LogP contribution in [0.2, 0.25) is 10.0 Å². The van der Waals surface area contributed by atoms with Gasteiger partial charge in [-0.3, -0.25) is 4.79 Å². The predicted octanol–water partition coefficient (Wildman–Crippen LogP) is 5.44. The molecule has 0 heterocycles. The molecule has 0 bridgehead atoms. The molecule has 132 valence electrons. The highest BCUT2D eigenvalue weighted by Gasteiger charge is 2.06. The van der Waals surface area contributed by atoms with E-state index in [4.69, 9.17) is 32.7 Å². The molecule has 0 atom stereocenters. The first-order valence-electron chi connectivity index (χ1n) is 7.86. The second kappa shape index (κ2) is 9.35. The van der Waals surface area contributed by atoms with Gasteiger partial charge in [0.2, 0.25) is 5.91 Å². The van der Waals surface area contributed by atoms with Crippen molar-refractivity contribution < 1.29 is 14.3 Å². The van der Waals surface area contributed by atoms with Gasteiger partial charge in [-0.05, 0) is 55.8 Å². The maximum atomic E-state index is 12.0. The van der Waals surface area contributed by atoms with Crippen molar-refractivity contribution in [3.05, 3.63) is 58.1 Å². The molecule has 1 N–H and O–H groups in total. The lowest BCUT2D eigenvalue weighted by molar-refractivity contribution is -0.111. The SMILES string of the molecule is CCOc1ccc(C=CC(=O)Nc2cc(Cl)cc(Cl)c2)cc1OCC. The third-order valence-electron chi connectivity index (χ3n) is 3.12. The molecule has 0 saturated heterocycles. The van der Waals surface area contributed by atoms with Crippen LogP contribution in [0.15, 0.2) is 42.5 Å². The fourth-order valence-electron chi connectivity index (χ4n) is 2.15. The number of carbonyl (C=O) groups is 1. The minimum Gasteiger partial charge on any atom is -0.490 e. The molecular formula is C19H19Cl2NO3. The van der Waals surface area contributed by atoms with Crippen molar-refractivity contribution in [1.82, 2.24) is 0 Å². The van der Waals surface area contributed by atoms with E-state index in [1.54, 1.807) is 24.3 Å². The summed E-state index contributed by atoms with van der Waals surface area (Å²) in [5.74, 6) is 1.04. The van der Waals surface area contributed by atoms with E-state index < -0.39 is 0 Å². The number of amides is 1. The van der Waals surface area contributed by atoms with Gasteiger partial charge in [-0.2, -0.15) is 0 Å². The van der Waals surface area contributed by atoms with Crippen molar-refractivity contribution in [2.45, 2.75) is 13.8 Å². The standard InChI is InChI=1S/C19H19Cl2NO3/c1-3-24-17-7-5-13(9-18(17)25-4-2)6-8-19(23)22-16-11-14(20)10-15(21)12-16/h5-12H,3-4H2,1-2H3,(H,22,23). The predicted molar refractivity (Wildman–Crippen MR) is 103 cm³/mol. The first-order chi connectivity index (χ1) is 12.0. The first kappa shape index (κ1) is 19.2. The van der Waals surface area contributed by atoms with Crippen LogP contribution in [0.25, 0.3) is 6.08 Å². The smallest absolute Gasteiger partial charge is 0.248 e. The van der Waals surface area contributed by atoms with E-state index in [1.807, 2.05) is 32.0 Å². The Morgan fingerprint density at radius 2 is 1.64 bits per heavy atom. The van der Waals surface area contributed by atoms with Gasteiger partial charge in [-0.1, -0.05) is 29.3 Å². The molecule has 0 radical (unpaired) electrons. The molecule has 1 amide bonds. The van der Waals surface area contributed by atoms with Crippen molar-refractivity contribution in [2.24, 2.45) is 0 Å². The fourth-order valence-corrected chi connectivity index (χ4v) is 2.68. The van der Waals surface area contributed by atoms with Gasteiger partial charge in [0.15, 0.2) is 11.5 Å². The van der Waals surface area contributed by atoms with Gasteiger partial charge in [0, 0.05) is 21.8 Å². The Morgan fingerprint density at radius 3 is 2.28 bits per heavy atom. The topological polar surface area (TPSA) is 47.6 Å². The van der Waals surface area contributed by atoms with Gasteiger partial charge in [0.05, 0.1) is 13.2 Å². The lowest BCUT2D eigenvalue weighted by Gasteiger charge is -2.11. The maximum Gasteiger partial charge on any atom is 0.248 e. The zero-order valence-electron chi connectivity index (χ0n) is 14.0. The van der Waals surface area contributed by atoms with E-state index in [9.17, 15) is 4.79 Å². The molecular weight excluding hydrogens is 361 g/mol. The molecule has 0 unspecified atom stereocenters. The molecule has 0 aliphatic rings.